The summed E-state index contributed by atoms with van der Waals surface area (Å²) in [4.78, 5) is 14.7. The predicted molar refractivity (Wildman–Crippen MR) is 101 cm³/mol. The Labute approximate surface area is 163 Å². The fraction of sp³-hybridized carbons (Fsp3) is 0.524. The number of likely N-dealkylation sites (tertiary alicyclic amines) is 1. The van der Waals surface area contributed by atoms with Gasteiger partial charge in [0.25, 0.3) is 5.91 Å². The van der Waals surface area contributed by atoms with Crippen LogP contribution in [0.1, 0.15) is 47.8 Å². The lowest BCUT2D eigenvalue weighted by atomic mass is 9.80. The molecule has 2 aliphatic rings. The van der Waals surface area contributed by atoms with Crippen LogP contribution in [0.4, 0.5) is 4.39 Å². The minimum Gasteiger partial charge on any atom is -0.383 e. The fourth-order valence-corrected chi connectivity index (χ4v) is 4.44. The summed E-state index contributed by atoms with van der Waals surface area (Å²) in [5.41, 5.74) is 0.650. The molecule has 0 aliphatic carbocycles. The average Bonchev–Trinajstić information content (AvgIpc) is 3.23. The van der Waals surface area contributed by atoms with Crippen LogP contribution in [-0.2, 0) is 16.9 Å². The number of aromatic nitrogens is 2. The van der Waals surface area contributed by atoms with Crippen LogP contribution in [0.5, 0.6) is 0 Å². The first-order chi connectivity index (χ1) is 13.4. The number of benzene rings is 1. The molecule has 0 bridgehead atoms. The van der Waals surface area contributed by atoms with Gasteiger partial charge in [-0.1, -0.05) is 12.1 Å². The van der Waals surface area contributed by atoms with E-state index in [4.69, 9.17) is 4.74 Å². The van der Waals surface area contributed by atoms with Crippen molar-refractivity contribution < 1.29 is 19.0 Å². The number of piperidine rings is 1. The van der Waals surface area contributed by atoms with E-state index in [-0.39, 0.29) is 18.3 Å². The van der Waals surface area contributed by atoms with Crippen molar-refractivity contribution in [2.24, 2.45) is 0 Å². The van der Waals surface area contributed by atoms with E-state index in [1.54, 1.807) is 18.3 Å². The van der Waals surface area contributed by atoms with Crippen molar-refractivity contribution >= 4 is 5.91 Å². The predicted octanol–water partition coefficient (Wildman–Crippen LogP) is 2.63. The highest BCUT2D eigenvalue weighted by atomic mass is 19.1. The van der Waals surface area contributed by atoms with E-state index in [1.165, 1.54) is 12.1 Å². The van der Waals surface area contributed by atoms with Gasteiger partial charge in [-0.25, -0.2) is 4.39 Å². The van der Waals surface area contributed by atoms with E-state index < -0.39 is 11.2 Å². The second kappa shape index (κ2) is 6.97. The topological polar surface area (TPSA) is 67.6 Å². The maximum absolute atomic E-state index is 13.2. The van der Waals surface area contributed by atoms with Crippen LogP contribution in [0.25, 0.3) is 0 Å². The van der Waals surface area contributed by atoms with Crippen molar-refractivity contribution in [2.75, 3.05) is 19.7 Å². The van der Waals surface area contributed by atoms with Gasteiger partial charge < -0.3 is 14.7 Å². The van der Waals surface area contributed by atoms with Gasteiger partial charge in [0.1, 0.15) is 11.4 Å². The van der Waals surface area contributed by atoms with Gasteiger partial charge in [-0.15, -0.1) is 0 Å². The van der Waals surface area contributed by atoms with E-state index in [9.17, 15) is 14.3 Å². The molecular formula is C21H26FN3O3. The molecule has 6 nitrogen and oxygen atoms in total. The third-order valence-electron chi connectivity index (χ3n) is 6.21. The Morgan fingerprint density at radius 2 is 1.96 bits per heavy atom. The molecule has 150 valence electrons. The summed E-state index contributed by atoms with van der Waals surface area (Å²) in [6.45, 7) is 5.99. The molecule has 7 heteroatoms. The van der Waals surface area contributed by atoms with E-state index in [0.717, 1.165) is 12.2 Å². The summed E-state index contributed by atoms with van der Waals surface area (Å²) in [6, 6.07) is 5.95. The van der Waals surface area contributed by atoms with Crippen LogP contribution in [0.3, 0.4) is 0 Å². The largest absolute Gasteiger partial charge is 0.383 e. The fourth-order valence-electron chi connectivity index (χ4n) is 4.44. The first-order valence-electron chi connectivity index (χ1n) is 9.80. The van der Waals surface area contributed by atoms with Gasteiger partial charge in [-0.2, -0.15) is 5.10 Å². The standard InChI is InChI=1S/C21H26FN3O3/c1-3-25-15(2)18(12-23-25)19(26)24-10-8-20(9-11-24)13-21(27,14-28-20)16-4-6-17(22)7-5-16/h4-7,12,27H,3,8-11,13-14H2,1-2H3. The lowest BCUT2D eigenvalue weighted by Gasteiger charge is -2.39. The van der Waals surface area contributed by atoms with E-state index >= 15 is 0 Å². The smallest absolute Gasteiger partial charge is 0.257 e. The summed E-state index contributed by atoms with van der Waals surface area (Å²) in [6.07, 6.45) is 3.44. The number of amides is 1. The molecule has 1 unspecified atom stereocenters. The molecule has 2 aromatic rings. The Balaban J connectivity index is 1.43. The molecule has 0 radical (unpaired) electrons. The highest BCUT2D eigenvalue weighted by Gasteiger charge is 2.51. The number of rotatable bonds is 3. The Morgan fingerprint density at radius 1 is 1.29 bits per heavy atom. The lowest BCUT2D eigenvalue weighted by Crippen LogP contribution is -2.47. The summed E-state index contributed by atoms with van der Waals surface area (Å²) in [7, 11) is 0. The number of ether oxygens (including phenoxy) is 1. The zero-order chi connectivity index (χ0) is 19.9. The van der Waals surface area contributed by atoms with Gasteiger partial charge >= 0.3 is 0 Å². The van der Waals surface area contributed by atoms with E-state index in [1.807, 2.05) is 23.4 Å². The number of halogens is 1. The molecule has 0 saturated carbocycles. The van der Waals surface area contributed by atoms with Crippen molar-refractivity contribution in [3.8, 4) is 0 Å². The van der Waals surface area contributed by atoms with Gasteiger partial charge in [0.2, 0.25) is 0 Å². The minimum atomic E-state index is -1.11. The van der Waals surface area contributed by atoms with E-state index in [0.29, 0.717) is 43.5 Å². The van der Waals surface area contributed by atoms with Gasteiger partial charge in [0, 0.05) is 31.7 Å². The highest BCUT2D eigenvalue weighted by molar-refractivity contribution is 5.95. The minimum absolute atomic E-state index is 0.00107. The highest BCUT2D eigenvalue weighted by Crippen LogP contribution is 2.45. The molecule has 4 rings (SSSR count). The quantitative estimate of drug-likeness (QED) is 0.879. The Bertz CT molecular complexity index is 872. The van der Waals surface area contributed by atoms with Crippen LogP contribution in [0.15, 0.2) is 30.5 Å². The number of aryl methyl sites for hydroxylation is 1. The number of nitrogens with zero attached hydrogens (tertiary/aromatic N) is 3. The van der Waals surface area contributed by atoms with Crippen LogP contribution >= 0.6 is 0 Å². The number of aliphatic hydroxyl groups is 1. The maximum Gasteiger partial charge on any atom is 0.257 e. The van der Waals surface area contributed by atoms with Crippen molar-refractivity contribution in [3.05, 3.63) is 53.1 Å². The van der Waals surface area contributed by atoms with Crippen LogP contribution in [0.2, 0.25) is 0 Å². The number of carbonyl (C=O) groups is 1. The molecule has 1 amide bonds. The molecule has 1 aromatic heterocycles. The Kier molecular flexibility index (Phi) is 4.75. The summed E-state index contributed by atoms with van der Waals surface area (Å²) >= 11 is 0. The molecule has 2 saturated heterocycles. The number of hydrogen-bond acceptors (Lipinski definition) is 4. The molecule has 1 spiro atoms. The molecule has 1 atom stereocenters. The molecule has 1 N–H and O–H groups in total. The van der Waals surface area contributed by atoms with Gasteiger partial charge in [-0.05, 0) is 44.4 Å². The molecule has 28 heavy (non-hydrogen) atoms. The Hall–Kier alpha value is -2.25. The van der Waals surface area contributed by atoms with Gasteiger partial charge in [0.05, 0.1) is 24.0 Å². The van der Waals surface area contributed by atoms with Crippen molar-refractivity contribution in [2.45, 2.75) is 50.9 Å². The van der Waals surface area contributed by atoms with Crippen molar-refractivity contribution in [1.29, 1.82) is 0 Å². The third-order valence-corrected chi connectivity index (χ3v) is 6.21. The van der Waals surface area contributed by atoms with Gasteiger partial charge in [-0.3, -0.25) is 9.48 Å². The summed E-state index contributed by atoms with van der Waals surface area (Å²) in [5, 5.41) is 15.3. The molecular weight excluding hydrogens is 361 g/mol. The summed E-state index contributed by atoms with van der Waals surface area (Å²) < 4.78 is 21.1. The van der Waals surface area contributed by atoms with Gasteiger partial charge in [0.15, 0.2) is 0 Å². The SMILES string of the molecule is CCn1ncc(C(=O)N2CCC3(CC2)CC(O)(c2ccc(F)cc2)CO3)c1C. The molecule has 2 aliphatic heterocycles. The first-order valence-corrected chi connectivity index (χ1v) is 9.80. The molecule has 1 aromatic carbocycles. The van der Waals surface area contributed by atoms with E-state index in [2.05, 4.69) is 5.10 Å². The Morgan fingerprint density at radius 3 is 2.57 bits per heavy atom. The monoisotopic (exact) mass is 387 g/mol. The van der Waals surface area contributed by atoms with Crippen LogP contribution in [0, 0.1) is 12.7 Å². The van der Waals surface area contributed by atoms with Crippen LogP contribution in [-0.4, -0.2) is 51.0 Å². The lowest BCUT2D eigenvalue weighted by molar-refractivity contribution is -0.0431. The second-order valence-corrected chi connectivity index (χ2v) is 7.94. The van der Waals surface area contributed by atoms with Crippen LogP contribution < -0.4 is 0 Å². The normalized spacial score (nSPS) is 24.1. The average molecular weight is 387 g/mol. The van der Waals surface area contributed by atoms with Crippen molar-refractivity contribution in [3.63, 3.8) is 0 Å². The maximum atomic E-state index is 13.2. The zero-order valence-corrected chi connectivity index (χ0v) is 16.3. The second-order valence-electron chi connectivity index (χ2n) is 7.94. The summed E-state index contributed by atoms with van der Waals surface area (Å²) in [5.74, 6) is -0.326. The number of hydrogen-bond donors (Lipinski definition) is 1. The molecule has 2 fully saturated rings. The number of carbonyl (C=O) groups excluding carboxylic acids is 1. The first kappa shape index (κ1) is 19.1. The molecule has 3 heterocycles. The van der Waals surface area contributed by atoms with Crippen molar-refractivity contribution in [1.82, 2.24) is 14.7 Å². The zero-order valence-electron chi connectivity index (χ0n) is 16.3. The third kappa shape index (κ3) is 3.22.